The summed E-state index contributed by atoms with van der Waals surface area (Å²) in [6, 6.07) is 4.05. The van der Waals surface area contributed by atoms with Crippen molar-refractivity contribution < 1.29 is 4.52 Å². The number of nitrogens with one attached hydrogen (secondary N) is 2. The van der Waals surface area contributed by atoms with Gasteiger partial charge < -0.3 is 19.7 Å². The molecule has 0 saturated heterocycles. The second kappa shape index (κ2) is 7.68. The van der Waals surface area contributed by atoms with E-state index in [9.17, 15) is 0 Å². The van der Waals surface area contributed by atoms with E-state index in [0.29, 0.717) is 5.92 Å². The lowest BCUT2D eigenvalue weighted by atomic mass is 10.00. The van der Waals surface area contributed by atoms with Gasteiger partial charge in [0.25, 0.3) is 0 Å². The van der Waals surface area contributed by atoms with Crippen molar-refractivity contribution in [1.82, 2.24) is 20.4 Å². The van der Waals surface area contributed by atoms with Crippen molar-refractivity contribution in [2.45, 2.75) is 33.2 Å². The SMILES string of the molecule is CN=C(NCCn1cccc1)NCC(C)c1c(C)noc1C. The smallest absolute Gasteiger partial charge is 0.191 e. The number of aliphatic imine (C=N–C) groups is 1. The highest BCUT2D eigenvalue weighted by molar-refractivity contribution is 5.79. The maximum absolute atomic E-state index is 5.23. The van der Waals surface area contributed by atoms with E-state index >= 15 is 0 Å². The molecular formula is C16H25N5O. The van der Waals surface area contributed by atoms with Crippen LogP contribution in [0.25, 0.3) is 0 Å². The van der Waals surface area contributed by atoms with Gasteiger partial charge >= 0.3 is 0 Å². The Morgan fingerprint density at radius 2 is 2.05 bits per heavy atom. The predicted octanol–water partition coefficient (Wildman–Crippen LogP) is 2.06. The zero-order valence-electron chi connectivity index (χ0n) is 13.8. The summed E-state index contributed by atoms with van der Waals surface area (Å²) in [5.41, 5.74) is 2.14. The lowest BCUT2D eigenvalue weighted by molar-refractivity contribution is 0.391. The molecule has 120 valence electrons. The van der Waals surface area contributed by atoms with E-state index in [1.807, 2.05) is 26.0 Å². The molecule has 0 aromatic carbocycles. The van der Waals surface area contributed by atoms with Crippen LogP contribution in [0.4, 0.5) is 0 Å². The van der Waals surface area contributed by atoms with Crippen LogP contribution in [0.5, 0.6) is 0 Å². The van der Waals surface area contributed by atoms with Gasteiger partial charge in [-0.2, -0.15) is 0 Å². The van der Waals surface area contributed by atoms with Gasteiger partial charge in [-0.15, -0.1) is 0 Å². The maximum Gasteiger partial charge on any atom is 0.191 e. The Kier molecular flexibility index (Phi) is 5.63. The van der Waals surface area contributed by atoms with Gasteiger partial charge in [-0.05, 0) is 26.0 Å². The molecule has 0 radical (unpaired) electrons. The normalized spacial score (nSPS) is 13.2. The predicted molar refractivity (Wildman–Crippen MR) is 88.2 cm³/mol. The van der Waals surface area contributed by atoms with Gasteiger partial charge in [-0.3, -0.25) is 4.99 Å². The number of hydrogen-bond acceptors (Lipinski definition) is 3. The van der Waals surface area contributed by atoms with Gasteiger partial charge in [0.15, 0.2) is 5.96 Å². The zero-order chi connectivity index (χ0) is 15.9. The molecule has 2 aromatic heterocycles. The number of hydrogen-bond donors (Lipinski definition) is 2. The van der Waals surface area contributed by atoms with Gasteiger partial charge in [0.2, 0.25) is 0 Å². The summed E-state index contributed by atoms with van der Waals surface area (Å²) in [5.74, 6) is 2.02. The average molecular weight is 303 g/mol. The minimum atomic E-state index is 0.314. The molecular weight excluding hydrogens is 278 g/mol. The van der Waals surface area contributed by atoms with Gasteiger partial charge in [-0.1, -0.05) is 12.1 Å². The fourth-order valence-corrected chi connectivity index (χ4v) is 2.59. The van der Waals surface area contributed by atoms with Crippen LogP contribution in [-0.2, 0) is 6.54 Å². The van der Waals surface area contributed by atoms with Gasteiger partial charge in [0.05, 0.1) is 5.69 Å². The Morgan fingerprint density at radius 3 is 2.64 bits per heavy atom. The molecule has 2 aromatic rings. The van der Waals surface area contributed by atoms with Crippen LogP contribution in [0.15, 0.2) is 34.0 Å². The summed E-state index contributed by atoms with van der Waals surface area (Å²) in [4.78, 5) is 4.25. The standard InChI is InChI=1S/C16H25N5O/c1-12(15-13(2)20-22-14(15)3)11-19-16(17-4)18-7-10-21-8-5-6-9-21/h5-6,8-9,12H,7,10-11H2,1-4H3,(H2,17,18,19). The molecule has 6 nitrogen and oxygen atoms in total. The molecule has 0 bridgehead atoms. The van der Waals surface area contributed by atoms with Gasteiger partial charge in [0.1, 0.15) is 5.76 Å². The minimum absolute atomic E-state index is 0.314. The zero-order valence-corrected chi connectivity index (χ0v) is 13.8. The minimum Gasteiger partial charge on any atom is -0.361 e. The largest absolute Gasteiger partial charge is 0.361 e. The van der Waals surface area contributed by atoms with Crippen LogP contribution < -0.4 is 10.6 Å². The van der Waals surface area contributed by atoms with E-state index in [-0.39, 0.29) is 0 Å². The third kappa shape index (κ3) is 4.13. The number of nitrogens with zero attached hydrogens (tertiary/aromatic N) is 3. The molecule has 0 aliphatic rings. The quantitative estimate of drug-likeness (QED) is 0.633. The van der Waals surface area contributed by atoms with Crippen molar-refractivity contribution in [1.29, 1.82) is 0 Å². The van der Waals surface area contributed by atoms with Crippen molar-refractivity contribution in [2.24, 2.45) is 4.99 Å². The van der Waals surface area contributed by atoms with Crippen LogP contribution in [0, 0.1) is 13.8 Å². The van der Waals surface area contributed by atoms with E-state index in [4.69, 9.17) is 4.52 Å². The summed E-state index contributed by atoms with van der Waals surface area (Å²) in [7, 11) is 1.78. The van der Waals surface area contributed by atoms with E-state index in [1.165, 1.54) is 5.56 Å². The summed E-state index contributed by atoms with van der Waals surface area (Å²) >= 11 is 0. The van der Waals surface area contributed by atoms with E-state index in [1.54, 1.807) is 7.05 Å². The summed E-state index contributed by atoms with van der Waals surface area (Å²) < 4.78 is 7.36. The number of aromatic nitrogens is 2. The lowest BCUT2D eigenvalue weighted by Gasteiger charge is -2.16. The molecule has 0 aliphatic heterocycles. The Bertz CT molecular complexity index is 581. The molecule has 2 heterocycles. The molecule has 1 unspecified atom stereocenters. The second-order valence-corrected chi connectivity index (χ2v) is 5.44. The average Bonchev–Trinajstić information content (AvgIpc) is 3.12. The van der Waals surface area contributed by atoms with Crippen molar-refractivity contribution in [3.05, 3.63) is 41.5 Å². The Hall–Kier alpha value is -2.24. The third-order valence-corrected chi connectivity index (χ3v) is 3.71. The topological polar surface area (TPSA) is 67.4 Å². The maximum atomic E-state index is 5.23. The van der Waals surface area contributed by atoms with Gasteiger partial charge in [0, 0.05) is 50.6 Å². The molecule has 22 heavy (non-hydrogen) atoms. The molecule has 2 N–H and O–H groups in total. The van der Waals surface area contributed by atoms with Crippen LogP contribution in [0.1, 0.15) is 29.9 Å². The lowest BCUT2D eigenvalue weighted by Crippen LogP contribution is -2.40. The summed E-state index contributed by atoms with van der Waals surface area (Å²) in [6.45, 7) is 8.61. The molecule has 0 aliphatic carbocycles. The Labute approximate surface area is 131 Å². The van der Waals surface area contributed by atoms with Crippen LogP contribution in [-0.4, -0.2) is 35.8 Å². The molecule has 0 fully saturated rings. The fourth-order valence-electron chi connectivity index (χ4n) is 2.59. The third-order valence-electron chi connectivity index (χ3n) is 3.71. The van der Waals surface area contributed by atoms with Crippen LogP contribution in [0.2, 0.25) is 0 Å². The summed E-state index contributed by atoms with van der Waals surface area (Å²) in [6.07, 6.45) is 4.11. The number of guanidine groups is 1. The Morgan fingerprint density at radius 1 is 1.32 bits per heavy atom. The van der Waals surface area contributed by atoms with Crippen molar-refractivity contribution in [2.75, 3.05) is 20.1 Å². The molecule has 0 saturated carbocycles. The number of aryl methyl sites for hydroxylation is 2. The molecule has 1 atom stereocenters. The molecule has 0 amide bonds. The highest BCUT2D eigenvalue weighted by Crippen LogP contribution is 2.22. The highest BCUT2D eigenvalue weighted by Gasteiger charge is 2.16. The first-order valence-electron chi connectivity index (χ1n) is 7.60. The highest BCUT2D eigenvalue weighted by atomic mass is 16.5. The molecule has 2 rings (SSSR count). The molecule has 0 spiro atoms. The second-order valence-electron chi connectivity index (χ2n) is 5.44. The molecule has 6 heteroatoms. The van der Waals surface area contributed by atoms with E-state index in [2.05, 4.69) is 44.7 Å². The van der Waals surface area contributed by atoms with Crippen molar-refractivity contribution in [3.8, 4) is 0 Å². The first-order valence-corrected chi connectivity index (χ1v) is 7.60. The summed E-state index contributed by atoms with van der Waals surface area (Å²) in [5, 5.41) is 10.7. The van der Waals surface area contributed by atoms with Crippen LogP contribution in [0.3, 0.4) is 0 Å². The first kappa shape index (κ1) is 16.1. The van der Waals surface area contributed by atoms with E-state index in [0.717, 1.165) is 37.0 Å². The fraction of sp³-hybridized carbons (Fsp3) is 0.500. The van der Waals surface area contributed by atoms with Crippen molar-refractivity contribution >= 4 is 5.96 Å². The Balaban J connectivity index is 1.78. The van der Waals surface area contributed by atoms with Gasteiger partial charge in [-0.25, -0.2) is 0 Å². The van der Waals surface area contributed by atoms with Crippen molar-refractivity contribution in [3.63, 3.8) is 0 Å². The van der Waals surface area contributed by atoms with Crippen LogP contribution >= 0.6 is 0 Å². The first-order chi connectivity index (χ1) is 10.6. The monoisotopic (exact) mass is 303 g/mol. The number of rotatable bonds is 6. The van der Waals surface area contributed by atoms with E-state index < -0.39 is 0 Å².